The maximum absolute atomic E-state index is 12.5. The third-order valence-electron chi connectivity index (χ3n) is 3.99. The molecule has 2 aromatic carbocycles. The van der Waals surface area contributed by atoms with Gasteiger partial charge in [-0.2, -0.15) is 0 Å². The molecule has 5 heteroatoms. The summed E-state index contributed by atoms with van der Waals surface area (Å²) in [6, 6.07) is 13.9. The van der Waals surface area contributed by atoms with Crippen LogP contribution in [0.25, 0.3) is 0 Å². The topological polar surface area (TPSA) is 75.3 Å². The van der Waals surface area contributed by atoms with Crippen LogP contribution in [-0.2, 0) is 9.59 Å². The monoisotopic (exact) mass is 338 g/mol. The quantitative estimate of drug-likeness (QED) is 0.643. The van der Waals surface area contributed by atoms with Crippen molar-refractivity contribution in [2.45, 2.75) is 27.7 Å². The van der Waals surface area contributed by atoms with Crippen molar-refractivity contribution in [2.24, 2.45) is 5.41 Å². The highest BCUT2D eigenvalue weighted by molar-refractivity contribution is 6.14. The van der Waals surface area contributed by atoms with Crippen LogP contribution < -0.4 is 10.6 Å². The molecule has 5 nitrogen and oxygen atoms in total. The minimum absolute atomic E-state index is 0.0457. The fourth-order valence-corrected chi connectivity index (χ4v) is 2.10. The van der Waals surface area contributed by atoms with Crippen LogP contribution in [0.5, 0.6) is 0 Å². The van der Waals surface area contributed by atoms with E-state index >= 15 is 0 Å². The number of amides is 2. The number of anilines is 2. The highest BCUT2D eigenvalue weighted by Crippen LogP contribution is 2.22. The van der Waals surface area contributed by atoms with E-state index in [1.807, 2.05) is 19.1 Å². The van der Waals surface area contributed by atoms with Crippen molar-refractivity contribution >= 4 is 29.0 Å². The minimum atomic E-state index is -1.26. The van der Waals surface area contributed by atoms with Crippen LogP contribution in [0.4, 0.5) is 11.4 Å². The number of carbonyl (C=O) groups is 3. The van der Waals surface area contributed by atoms with Crippen LogP contribution in [0.1, 0.15) is 36.7 Å². The molecule has 0 aromatic heterocycles. The second-order valence-electron chi connectivity index (χ2n) is 6.53. The minimum Gasteiger partial charge on any atom is -0.325 e. The molecule has 0 spiro atoms. The number of carbonyl (C=O) groups excluding carboxylic acids is 3. The number of Topliss-reactive ketones (excluding diaryl/α,β-unsaturated/α-hetero) is 1. The van der Waals surface area contributed by atoms with Gasteiger partial charge in [-0.15, -0.1) is 0 Å². The van der Waals surface area contributed by atoms with Crippen molar-refractivity contribution in [2.75, 3.05) is 10.6 Å². The molecule has 0 saturated heterocycles. The lowest BCUT2D eigenvalue weighted by Crippen LogP contribution is -2.41. The summed E-state index contributed by atoms with van der Waals surface area (Å²) >= 11 is 0. The number of hydrogen-bond acceptors (Lipinski definition) is 3. The first kappa shape index (κ1) is 18.4. The first-order valence-corrected chi connectivity index (χ1v) is 8.01. The molecule has 0 aliphatic rings. The van der Waals surface area contributed by atoms with Gasteiger partial charge in [-0.25, -0.2) is 0 Å². The molecule has 0 unspecified atom stereocenters. The molecular weight excluding hydrogens is 316 g/mol. The van der Waals surface area contributed by atoms with Crippen LogP contribution >= 0.6 is 0 Å². The summed E-state index contributed by atoms with van der Waals surface area (Å²) in [7, 11) is 0. The summed E-state index contributed by atoms with van der Waals surface area (Å²) < 4.78 is 0. The van der Waals surface area contributed by atoms with Gasteiger partial charge in [0.15, 0.2) is 5.78 Å². The van der Waals surface area contributed by atoms with Crippen LogP contribution in [-0.4, -0.2) is 17.6 Å². The van der Waals surface area contributed by atoms with Gasteiger partial charge >= 0.3 is 0 Å². The molecule has 0 radical (unpaired) electrons. The van der Waals surface area contributed by atoms with Gasteiger partial charge in [0.25, 0.3) is 0 Å². The smallest absolute Gasteiger partial charge is 0.239 e. The lowest BCUT2D eigenvalue weighted by Gasteiger charge is -2.23. The lowest BCUT2D eigenvalue weighted by atomic mass is 9.90. The van der Waals surface area contributed by atoms with Crippen molar-refractivity contribution in [1.29, 1.82) is 0 Å². The maximum atomic E-state index is 12.5. The lowest BCUT2D eigenvalue weighted by molar-refractivity contribution is -0.135. The standard InChI is InChI=1S/C20H22N2O3/c1-13-5-9-16(10-6-13)21-18(24)20(3,4)19(25)22-17-11-7-15(8-12-17)14(2)23/h5-12H,1-4H3,(H,21,24)(H,22,25). The van der Waals surface area contributed by atoms with Crippen LogP contribution in [0.2, 0.25) is 0 Å². The van der Waals surface area contributed by atoms with Gasteiger partial charge in [-0.3, -0.25) is 14.4 Å². The van der Waals surface area contributed by atoms with E-state index in [0.29, 0.717) is 16.9 Å². The zero-order valence-corrected chi connectivity index (χ0v) is 14.8. The van der Waals surface area contributed by atoms with Crippen LogP contribution in [0.3, 0.4) is 0 Å². The van der Waals surface area contributed by atoms with E-state index in [0.717, 1.165) is 5.56 Å². The fourth-order valence-electron chi connectivity index (χ4n) is 2.10. The molecule has 2 rings (SSSR count). The summed E-state index contributed by atoms with van der Waals surface area (Å²) in [5.41, 5.74) is 1.57. The highest BCUT2D eigenvalue weighted by Gasteiger charge is 2.36. The number of hydrogen-bond donors (Lipinski definition) is 2. The molecule has 2 N–H and O–H groups in total. The molecule has 0 saturated carbocycles. The van der Waals surface area contributed by atoms with Crippen LogP contribution in [0.15, 0.2) is 48.5 Å². The van der Waals surface area contributed by atoms with Gasteiger partial charge in [0.05, 0.1) is 0 Å². The average molecular weight is 338 g/mol. The average Bonchev–Trinajstić information content (AvgIpc) is 2.57. The number of benzene rings is 2. The molecule has 0 aliphatic carbocycles. The molecule has 2 amide bonds. The second kappa shape index (κ2) is 7.30. The zero-order valence-electron chi connectivity index (χ0n) is 14.8. The highest BCUT2D eigenvalue weighted by atomic mass is 16.2. The Kier molecular flexibility index (Phi) is 5.37. The molecule has 130 valence electrons. The van der Waals surface area contributed by atoms with E-state index in [1.54, 1.807) is 50.2 Å². The summed E-state index contributed by atoms with van der Waals surface area (Å²) in [4.78, 5) is 36.3. The van der Waals surface area contributed by atoms with E-state index in [2.05, 4.69) is 10.6 Å². The van der Waals surface area contributed by atoms with Gasteiger partial charge in [-0.05, 0) is 64.1 Å². The molecule has 0 bridgehead atoms. The summed E-state index contributed by atoms with van der Waals surface area (Å²) in [5, 5.41) is 5.47. The first-order chi connectivity index (χ1) is 11.7. The molecular formula is C20H22N2O3. The van der Waals surface area contributed by atoms with Gasteiger partial charge in [0.2, 0.25) is 11.8 Å². The van der Waals surface area contributed by atoms with Gasteiger partial charge in [0.1, 0.15) is 5.41 Å². The van der Waals surface area contributed by atoms with Crippen LogP contribution in [0, 0.1) is 12.3 Å². The molecule has 25 heavy (non-hydrogen) atoms. The largest absolute Gasteiger partial charge is 0.325 e. The predicted octanol–water partition coefficient (Wildman–Crippen LogP) is 3.80. The first-order valence-electron chi connectivity index (χ1n) is 8.01. The molecule has 2 aromatic rings. The second-order valence-corrected chi connectivity index (χ2v) is 6.53. The Morgan fingerprint density at radius 3 is 1.56 bits per heavy atom. The van der Waals surface area contributed by atoms with E-state index < -0.39 is 17.2 Å². The van der Waals surface area contributed by atoms with Crippen molar-refractivity contribution < 1.29 is 14.4 Å². The van der Waals surface area contributed by atoms with E-state index in [4.69, 9.17) is 0 Å². The zero-order chi connectivity index (χ0) is 18.6. The molecule has 0 aliphatic heterocycles. The molecule has 0 heterocycles. The SMILES string of the molecule is CC(=O)c1ccc(NC(=O)C(C)(C)C(=O)Nc2ccc(C)cc2)cc1. The summed E-state index contributed by atoms with van der Waals surface area (Å²) in [5.74, 6) is -0.863. The fraction of sp³-hybridized carbons (Fsp3) is 0.250. The maximum Gasteiger partial charge on any atom is 0.239 e. The number of ketones is 1. The Labute approximate surface area is 147 Å². The van der Waals surface area contributed by atoms with E-state index in [1.165, 1.54) is 6.92 Å². The molecule has 0 fully saturated rings. The van der Waals surface area contributed by atoms with Gasteiger partial charge < -0.3 is 10.6 Å². The Hall–Kier alpha value is -2.95. The Morgan fingerprint density at radius 1 is 0.760 bits per heavy atom. The van der Waals surface area contributed by atoms with Gasteiger partial charge in [0, 0.05) is 16.9 Å². The summed E-state index contributed by atoms with van der Waals surface area (Å²) in [6.07, 6.45) is 0. The van der Waals surface area contributed by atoms with E-state index in [-0.39, 0.29) is 5.78 Å². The van der Waals surface area contributed by atoms with Crippen molar-refractivity contribution in [3.63, 3.8) is 0 Å². The Bertz CT molecular complexity index is 791. The normalized spacial score (nSPS) is 10.9. The third kappa shape index (κ3) is 4.53. The van der Waals surface area contributed by atoms with Gasteiger partial charge in [-0.1, -0.05) is 17.7 Å². The number of aryl methyl sites for hydroxylation is 1. The summed E-state index contributed by atoms with van der Waals surface area (Å²) in [6.45, 7) is 6.57. The molecule has 0 atom stereocenters. The van der Waals surface area contributed by atoms with E-state index in [9.17, 15) is 14.4 Å². The third-order valence-corrected chi connectivity index (χ3v) is 3.99. The number of rotatable bonds is 5. The van der Waals surface area contributed by atoms with Crippen molar-refractivity contribution in [3.8, 4) is 0 Å². The predicted molar refractivity (Wildman–Crippen MR) is 98.7 cm³/mol. The Morgan fingerprint density at radius 2 is 1.16 bits per heavy atom. The number of nitrogens with one attached hydrogen (secondary N) is 2. The van der Waals surface area contributed by atoms with Crippen molar-refractivity contribution in [3.05, 3.63) is 59.7 Å². The Balaban J connectivity index is 2.06. The van der Waals surface area contributed by atoms with Crippen molar-refractivity contribution in [1.82, 2.24) is 0 Å².